The number of aryl methyl sites for hydroxylation is 1. The molecule has 2 aromatic rings. The first-order valence-electron chi connectivity index (χ1n) is 7.13. The van der Waals surface area contributed by atoms with Crippen molar-refractivity contribution in [2.75, 3.05) is 19.6 Å². The van der Waals surface area contributed by atoms with Gasteiger partial charge in [0, 0.05) is 19.6 Å². The van der Waals surface area contributed by atoms with Crippen LogP contribution in [0.5, 0.6) is 0 Å². The van der Waals surface area contributed by atoms with Gasteiger partial charge in [-0.15, -0.1) is 0 Å². The average molecular weight is 299 g/mol. The molecule has 0 aliphatic carbocycles. The molecule has 3 rings (SSSR count). The number of nitrogens with zero attached hydrogens (tertiary/aromatic N) is 4. The molecule has 1 fully saturated rings. The summed E-state index contributed by atoms with van der Waals surface area (Å²) >= 11 is 0. The van der Waals surface area contributed by atoms with Crippen molar-refractivity contribution in [3.05, 3.63) is 47.3 Å². The van der Waals surface area contributed by atoms with E-state index in [2.05, 4.69) is 15.4 Å². The highest BCUT2D eigenvalue weighted by atomic mass is 16.2. The summed E-state index contributed by atoms with van der Waals surface area (Å²) in [6, 6.07) is 9.83. The van der Waals surface area contributed by atoms with Crippen LogP contribution in [0.3, 0.4) is 0 Å². The molecule has 1 aliphatic rings. The topological polar surface area (TPSA) is 82.2 Å². The number of benzene rings is 1. The number of H-pyrrole nitrogens is 1. The van der Waals surface area contributed by atoms with Crippen LogP contribution in [0.2, 0.25) is 0 Å². The zero-order valence-electron chi connectivity index (χ0n) is 12.3. The Morgan fingerprint density at radius 1 is 1.23 bits per heavy atom. The van der Waals surface area contributed by atoms with Crippen LogP contribution in [0.1, 0.15) is 21.7 Å². The van der Waals surface area contributed by atoms with Crippen LogP contribution in [0.4, 0.5) is 0 Å². The zero-order chi connectivity index (χ0) is 15.5. The van der Waals surface area contributed by atoms with Gasteiger partial charge in [-0.2, -0.15) is 15.4 Å². The third-order valence-electron chi connectivity index (χ3n) is 3.75. The van der Waals surface area contributed by atoms with Gasteiger partial charge in [0.2, 0.25) is 5.91 Å². The minimum Gasteiger partial charge on any atom is -0.335 e. The third-order valence-corrected chi connectivity index (χ3v) is 3.75. The summed E-state index contributed by atoms with van der Waals surface area (Å²) in [5.41, 5.74) is 1.91. The fourth-order valence-electron chi connectivity index (χ4n) is 2.49. The third kappa shape index (κ3) is 2.83. The molecule has 0 atom stereocenters. The number of carbonyl (C=O) groups excluding carboxylic acids is 2. The van der Waals surface area contributed by atoms with Crippen molar-refractivity contribution in [2.24, 2.45) is 0 Å². The Morgan fingerprint density at radius 2 is 2.00 bits per heavy atom. The number of amides is 2. The summed E-state index contributed by atoms with van der Waals surface area (Å²) in [6.07, 6.45) is 0. The molecule has 0 saturated carbocycles. The Balaban J connectivity index is 1.64. The Morgan fingerprint density at radius 3 is 2.64 bits per heavy atom. The predicted molar refractivity (Wildman–Crippen MR) is 78.9 cm³/mol. The molecule has 114 valence electrons. The largest absolute Gasteiger partial charge is 0.335 e. The fraction of sp³-hybridized carbons (Fsp3) is 0.333. The van der Waals surface area contributed by atoms with Crippen LogP contribution in [0, 0.1) is 6.92 Å². The van der Waals surface area contributed by atoms with Gasteiger partial charge in [-0.05, 0) is 12.5 Å². The molecule has 0 radical (unpaired) electrons. The quantitative estimate of drug-likeness (QED) is 0.899. The highest BCUT2D eigenvalue weighted by molar-refractivity contribution is 5.96. The molecule has 0 spiro atoms. The molecule has 22 heavy (non-hydrogen) atoms. The number of aromatic nitrogens is 3. The van der Waals surface area contributed by atoms with Crippen molar-refractivity contribution in [1.82, 2.24) is 25.2 Å². The van der Waals surface area contributed by atoms with E-state index < -0.39 is 0 Å². The number of hydrogen-bond donors (Lipinski definition) is 1. The summed E-state index contributed by atoms with van der Waals surface area (Å²) in [6.45, 7) is 3.40. The van der Waals surface area contributed by atoms with Gasteiger partial charge in [0.15, 0.2) is 5.69 Å². The minimum absolute atomic E-state index is 0.0513. The first kappa shape index (κ1) is 14.2. The van der Waals surface area contributed by atoms with Gasteiger partial charge in [0.25, 0.3) is 5.91 Å². The summed E-state index contributed by atoms with van der Waals surface area (Å²) < 4.78 is 0. The molecule has 1 aliphatic heterocycles. The SMILES string of the molecule is Cc1n[nH]nc1C(=O)N1CCN(Cc2ccccc2)C(=O)C1. The summed E-state index contributed by atoms with van der Waals surface area (Å²) in [4.78, 5) is 27.9. The molecule has 7 nitrogen and oxygen atoms in total. The Labute approximate surface area is 127 Å². The van der Waals surface area contributed by atoms with E-state index in [0.29, 0.717) is 25.3 Å². The van der Waals surface area contributed by atoms with Gasteiger partial charge in [0.1, 0.15) is 6.54 Å². The van der Waals surface area contributed by atoms with E-state index >= 15 is 0 Å². The number of carbonyl (C=O) groups is 2. The van der Waals surface area contributed by atoms with Crippen LogP contribution in [-0.4, -0.2) is 56.7 Å². The highest BCUT2D eigenvalue weighted by Gasteiger charge is 2.29. The normalized spacial score (nSPS) is 15.2. The summed E-state index contributed by atoms with van der Waals surface area (Å²) in [5, 5.41) is 10.1. The molecule has 1 aromatic carbocycles. The average Bonchev–Trinajstić information content (AvgIpc) is 2.96. The summed E-state index contributed by atoms with van der Waals surface area (Å²) in [5.74, 6) is -0.302. The highest BCUT2D eigenvalue weighted by Crippen LogP contribution is 2.12. The van der Waals surface area contributed by atoms with Crippen molar-refractivity contribution in [2.45, 2.75) is 13.5 Å². The number of piperazine rings is 1. The van der Waals surface area contributed by atoms with Crippen LogP contribution in [-0.2, 0) is 11.3 Å². The molecule has 1 aromatic heterocycles. The number of aromatic amines is 1. The van der Waals surface area contributed by atoms with Gasteiger partial charge in [0.05, 0.1) is 5.69 Å². The van der Waals surface area contributed by atoms with Crippen molar-refractivity contribution < 1.29 is 9.59 Å². The Hall–Kier alpha value is -2.70. The van der Waals surface area contributed by atoms with E-state index in [1.165, 1.54) is 4.90 Å². The molecular weight excluding hydrogens is 282 g/mol. The van der Waals surface area contributed by atoms with Gasteiger partial charge >= 0.3 is 0 Å². The molecule has 7 heteroatoms. The standard InChI is InChI=1S/C15H17N5O2/c1-11-14(17-18-16-11)15(22)20-8-7-19(13(21)10-20)9-12-5-3-2-4-6-12/h2-6H,7-10H2,1H3,(H,16,17,18). The molecule has 0 unspecified atom stereocenters. The van der Waals surface area contributed by atoms with E-state index in [1.807, 2.05) is 30.3 Å². The number of rotatable bonds is 3. The van der Waals surface area contributed by atoms with E-state index in [0.717, 1.165) is 5.56 Å². The maximum atomic E-state index is 12.3. The predicted octanol–water partition coefficient (Wildman–Crippen LogP) is 0.598. The second-order valence-corrected chi connectivity index (χ2v) is 5.29. The molecular formula is C15H17N5O2. The molecule has 0 bridgehead atoms. The van der Waals surface area contributed by atoms with Gasteiger partial charge in [-0.1, -0.05) is 30.3 Å². The van der Waals surface area contributed by atoms with Crippen LogP contribution in [0.15, 0.2) is 30.3 Å². The van der Waals surface area contributed by atoms with Crippen LogP contribution in [0.25, 0.3) is 0 Å². The van der Waals surface area contributed by atoms with E-state index in [9.17, 15) is 9.59 Å². The van der Waals surface area contributed by atoms with Gasteiger partial charge < -0.3 is 9.80 Å². The second kappa shape index (κ2) is 5.97. The van der Waals surface area contributed by atoms with E-state index in [1.54, 1.807) is 11.8 Å². The van der Waals surface area contributed by atoms with Crippen molar-refractivity contribution >= 4 is 11.8 Å². The smallest absolute Gasteiger partial charge is 0.276 e. The molecule has 2 heterocycles. The summed E-state index contributed by atoms with van der Waals surface area (Å²) in [7, 11) is 0. The maximum absolute atomic E-state index is 12.3. The van der Waals surface area contributed by atoms with Gasteiger partial charge in [-0.3, -0.25) is 9.59 Å². The molecule has 1 saturated heterocycles. The van der Waals surface area contributed by atoms with Gasteiger partial charge in [-0.25, -0.2) is 0 Å². The van der Waals surface area contributed by atoms with Crippen molar-refractivity contribution in [3.8, 4) is 0 Å². The Bertz CT molecular complexity index is 682. The lowest BCUT2D eigenvalue weighted by Crippen LogP contribution is -2.52. The first-order valence-corrected chi connectivity index (χ1v) is 7.13. The molecule has 1 N–H and O–H groups in total. The number of hydrogen-bond acceptors (Lipinski definition) is 4. The molecule has 2 amide bonds. The maximum Gasteiger partial charge on any atom is 0.276 e. The van der Waals surface area contributed by atoms with Crippen LogP contribution < -0.4 is 0 Å². The van der Waals surface area contributed by atoms with Crippen molar-refractivity contribution in [3.63, 3.8) is 0 Å². The second-order valence-electron chi connectivity index (χ2n) is 5.29. The minimum atomic E-state index is -0.251. The first-order chi connectivity index (χ1) is 10.6. The lowest BCUT2D eigenvalue weighted by atomic mass is 10.2. The number of nitrogens with one attached hydrogen (secondary N) is 1. The van der Waals surface area contributed by atoms with Crippen LogP contribution >= 0.6 is 0 Å². The van der Waals surface area contributed by atoms with Crippen molar-refractivity contribution in [1.29, 1.82) is 0 Å². The van der Waals surface area contributed by atoms with E-state index in [-0.39, 0.29) is 24.1 Å². The monoisotopic (exact) mass is 299 g/mol. The zero-order valence-corrected chi connectivity index (χ0v) is 12.3. The Kier molecular flexibility index (Phi) is 3.86. The lowest BCUT2D eigenvalue weighted by molar-refractivity contribution is -0.135. The van der Waals surface area contributed by atoms with E-state index in [4.69, 9.17) is 0 Å². The lowest BCUT2D eigenvalue weighted by Gasteiger charge is -2.34. The fourth-order valence-corrected chi connectivity index (χ4v) is 2.49.